The predicted molar refractivity (Wildman–Crippen MR) is 58.8 cm³/mol. The van der Waals surface area contributed by atoms with E-state index in [1.807, 2.05) is 0 Å². The molecule has 1 atom stereocenters. The largest absolute Gasteiger partial charge is 0.367 e. The molecule has 1 unspecified atom stereocenters. The van der Waals surface area contributed by atoms with Gasteiger partial charge >= 0.3 is 0 Å². The van der Waals surface area contributed by atoms with Crippen molar-refractivity contribution in [3.05, 3.63) is 6.33 Å². The molecule has 0 aliphatic carbocycles. The molecule has 0 saturated carbocycles. The molecule has 9 heteroatoms. The number of nitrogens with zero attached hydrogens (tertiary/aromatic N) is 4. The van der Waals surface area contributed by atoms with E-state index in [2.05, 4.69) is 15.4 Å². The van der Waals surface area contributed by atoms with Crippen molar-refractivity contribution in [3.8, 4) is 0 Å². The number of nitrogens with one attached hydrogen (secondary N) is 1. The Balaban J connectivity index is 2.08. The van der Waals surface area contributed by atoms with Gasteiger partial charge in [0.25, 0.3) is 0 Å². The fraction of sp³-hybridized carbons (Fsp3) is 0.444. The number of anilines is 1. The first-order valence-electron chi connectivity index (χ1n) is 5.25. The number of hydrogen-bond donors (Lipinski definition) is 2. The maximum absolute atomic E-state index is 11.9. The zero-order valence-electron chi connectivity index (χ0n) is 9.66. The zero-order chi connectivity index (χ0) is 13.3. The maximum Gasteiger partial charge on any atom is 0.249 e. The van der Waals surface area contributed by atoms with E-state index in [9.17, 15) is 14.4 Å². The average molecular weight is 252 g/mol. The molecule has 1 aromatic rings. The molecule has 0 radical (unpaired) electrons. The molecule has 1 saturated heterocycles. The van der Waals surface area contributed by atoms with Crippen molar-refractivity contribution in [2.45, 2.75) is 19.5 Å². The predicted octanol–water partition coefficient (Wildman–Crippen LogP) is -2.27. The van der Waals surface area contributed by atoms with Gasteiger partial charge in [-0.25, -0.2) is 9.67 Å². The molecule has 2 rings (SSSR count). The van der Waals surface area contributed by atoms with Crippen molar-refractivity contribution in [1.29, 1.82) is 0 Å². The van der Waals surface area contributed by atoms with E-state index in [4.69, 9.17) is 5.73 Å². The summed E-state index contributed by atoms with van der Waals surface area (Å²) in [6, 6.07) is -0.684. The molecule has 3 amide bonds. The van der Waals surface area contributed by atoms with Gasteiger partial charge in [-0.2, -0.15) is 0 Å². The highest BCUT2D eigenvalue weighted by Gasteiger charge is 2.33. The van der Waals surface area contributed by atoms with Gasteiger partial charge in [-0.05, 0) is 6.92 Å². The van der Waals surface area contributed by atoms with Crippen LogP contribution in [-0.4, -0.2) is 50.0 Å². The minimum atomic E-state index is -0.684. The Morgan fingerprint density at radius 3 is 2.94 bits per heavy atom. The van der Waals surface area contributed by atoms with Crippen molar-refractivity contribution in [2.24, 2.45) is 0 Å². The SMILES string of the molecule is CC1C(=O)NC(=O)CN1C(=O)Cn1cnc(N)n1. The molecule has 3 N–H and O–H groups in total. The Bertz CT molecular complexity index is 510. The van der Waals surface area contributed by atoms with Gasteiger partial charge in [0.2, 0.25) is 23.7 Å². The quantitative estimate of drug-likeness (QED) is 0.572. The molecule has 1 aliphatic rings. The number of piperazine rings is 1. The number of nitrogens with two attached hydrogens (primary N) is 1. The van der Waals surface area contributed by atoms with Crippen LogP contribution in [0.25, 0.3) is 0 Å². The third kappa shape index (κ3) is 2.29. The van der Waals surface area contributed by atoms with Crippen molar-refractivity contribution < 1.29 is 14.4 Å². The maximum atomic E-state index is 11.9. The van der Waals surface area contributed by atoms with E-state index in [0.717, 1.165) is 0 Å². The van der Waals surface area contributed by atoms with Crippen LogP contribution in [0.1, 0.15) is 6.92 Å². The number of carbonyl (C=O) groups is 3. The van der Waals surface area contributed by atoms with Crippen molar-refractivity contribution in [2.75, 3.05) is 12.3 Å². The smallest absolute Gasteiger partial charge is 0.249 e. The van der Waals surface area contributed by atoms with Crippen LogP contribution in [0.2, 0.25) is 0 Å². The van der Waals surface area contributed by atoms with E-state index in [1.54, 1.807) is 6.92 Å². The molecule has 96 valence electrons. The van der Waals surface area contributed by atoms with Crippen LogP contribution in [0.15, 0.2) is 6.33 Å². The summed E-state index contributed by atoms with van der Waals surface area (Å²) in [4.78, 5) is 39.4. The monoisotopic (exact) mass is 252 g/mol. The summed E-state index contributed by atoms with van der Waals surface area (Å²) < 4.78 is 1.25. The highest BCUT2D eigenvalue weighted by Crippen LogP contribution is 2.06. The van der Waals surface area contributed by atoms with Crippen LogP contribution in [0, 0.1) is 0 Å². The molecule has 0 aromatic carbocycles. The number of rotatable bonds is 2. The van der Waals surface area contributed by atoms with E-state index < -0.39 is 23.8 Å². The van der Waals surface area contributed by atoms with Crippen LogP contribution < -0.4 is 11.1 Å². The highest BCUT2D eigenvalue weighted by molar-refractivity contribution is 6.04. The normalized spacial score (nSPS) is 19.8. The standard InChI is InChI=1S/C9H12N6O3/c1-5-8(18)12-6(16)2-15(5)7(17)3-14-4-11-9(10)13-14/h4-5H,2-3H2,1H3,(H2,10,13)(H,12,16,18). The topological polar surface area (TPSA) is 123 Å². The van der Waals surface area contributed by atoms with Gasteiger partial charge in [-0.15, -0.1) is 5.10 Å². The van der Waals surface area contributed by atoms with E-state index >= 15 is 0 Å². The number of aromatic nitrogens is 3. The van der Waals surface area contributed by atoms with Crippen molar-refractivity contribution in [3.63, 3.8) is 0 Å². The fourth-order valence-corrected chi connectivity index (χ4v) is 1.63. The van der Waals surface area contributed by atoms with Crippen molar-refractivity contribution in [1.82, 2.24) is 25.0 Å². The first kappa shape index (κ1) is 12.0. The molecule has 18 heavy (non-hydrogen) atoms. The number of amides is 3. The van der Waals surface area contributed by atoms with Crippen LogP contribution in [0.3, 0.4) is 0 Å². The third-order valence-corrected chi connectivity index (χ3v) is 2.60. The van der Waals surface area contributed by atoms with Crippen molar-refractivity contribution >= 4 is 23.7 Å². The molecule has 1 fully saturated rings. The summed E-state index contributed by atoms with van der Waals surface area (Å²) >= 11 is 0. The van der Waals surface area contributed by atoms with Crippen LogP contribution in [0.4, 0.5) is 5.95 Å². The molecule has 0 spiro atoms. The van der Waals surface area contributed by atoms with Gasteiger partial charge < -0.3 is 10.6 Å². The summed E-state index contributed by atoms with van der Waals surface area (Å²) in [5.74, 6) is -1.32. The second-order valence-corrected chi connectivity index (χ2v) is 3.91. The summed E-state index contributed by atoms with van der Waals surface area (Å²) in [7, 11) is 0. The molecule has 1 aliphatic heterocycles. The van der Waals surface area contributed by atoms with Crippen LogP contribution in [0.5, 0.6) is 0 Å². The van der Waals surface area contributed by atoms with Gasteiger partial charge in [0.05, 0.1) is 0 Å². The lowest BCUT2D eigenvalue weighted by Crippen LogP contribution is -2.59. The van der Waals surface area contributed by atoms with Crippen LogP contribution >= 0.6 is 0 Å². The number of hydrogen-bond acceptors (Lipinski definition) is 6. The van der Waals surface area contributed by atoms with Gasteiger partial charge in [-0.1, -0.05) is 0 Å². The lowest BCUT2D eigenvalue weighted by molar-refractivity contribution is -0.149. The molecule has 1 aromatic heterocycles. The third-order valence-electron chi connectivity index (χ3n) is 2.60. The summed E-state index contributed by atoms with van der Waals surface area (Å²) in [5.41, 5.74) is 5.32. The van der Waals surface area contributed by atoms with Gasteiger partial charge in [-0.3, -0.25) is 19.7 Å². The highest BCUT2D eigenvalue weighted by atomic mass is 16.2. The number of imide groups is 1. The zero-order valence-corrected chi connectivity index (χ0v) is 9.66. The summed E-state index contributed by atoms with van der Waals surface area (Å²) in [6.45, 7) is 1.29. The Labute approximate surface area is 102 Å². The first-order chi connectivity index (χ1) is 8.47. The lowest BCUT2D eigenvalue weighted by Gasteiger charge is -2.31. The van der Waals surface area contributed by atoms with Gasteiger partial charge in [0.15, 0.2) is 0 Å². The number of carbonyl (C=O) groups excluding carboxylic acids is 3. The molecule has 2 heterocycles. The Morgan fingerprint density at radius 2 is 2.33 bits per heavy atom. The van der Waals surface area contributed by atoms with E-state index in [1.165, 1.54) is 15.9 Å². The van der Waals surface area contributed by atoms with Gasteiger partial charge in [0.1, 0.15) is 25.5 Å². The summed E-state index contributed by atoms with van der Waals surface area (Å²) in [5, 5.41) is 5.91. The van der Waals surface area contributed by atoms with Gasteiger partial charge in [0, 0.05) is 0 Å². The first-order valence-corrected chi connectivity index (χ1v) is 5.25. The average Bonchev–Trinajstić information content (AvgIpc) is 2.69. The second-order valence-electron chi connectivity index (χ2n) is 3.91. The molecular formula is C9H12N6O3. The molecule has 0 bridgehead atoms. The second kappa shape index (κ2) is 4.43. The minimum absolute atomic E-state index is 0.0586. The molecular weight excluding hydrogens is 240 g/mol. The lowest BCUT2D eigenvalue weighted by atomic mass is 10.2. The Morgan fingerprint density at radius 1 is 1.61 bits per heavy atom. The Kier molecular flexibility index (Phi) is 2.96. The van der Waals surface area contributed by atoms with E-state index in [0.29, 0.717) is 0 Å². The fourth-order valence-electron chi connectivity index (χ4n) is 1.63. The minimum Gasteiger partial charge on any atom is -0.367 e. The molecule has 9 nitrogen and oxygen atoms in total. The Hall–Kier alpha value is -2.45. The van der Waals surface area contributed by atoms with Crippen LogP contribution in [-0.2, 0) is 20.9 Å². The summed E-state index contributed by atoms with van der Waals surface area (Å²) in [6.07, 6.45) is 1.31. The van der Waals surface area contributed by atoms with E-state index in [-0.39, 0.29) is 19.0 Å². The number of nitrogen functional groups attached to an aromatic ring is 1.